The lowest BCUT2D eigenvalue weighted by molar-refractivity contribution is 0.589. The first-order valence-corrected chi connectivity index (χ1v) is 6.84. The summed E-state index contributed by atoms with van der Waals surface area (Å²) in [5.41, 5.74) is 3.86. The highest BCUT2D eigenvalue weighted by atomic mass is 19.1. The minimum atomic E-state index is -0.161. The highest BCUT2D eigenvalue weighted by molar-refractivity contribution is 5.92. The Balaban J connectivity index is 2.41. The number of hydrogen-bond donors (Lipinski definition) is 1. The molecule has 0 saturated carbocycles. The normalized spacial score (nSPS) is 12.0. The zero-order chi connectivity index (χ0) is 14.3. The predicted octanol–water partition coefficient (Wildman–Crippen LogP) is 5.27. The van der Waals surface area contributed by atoms with E-state index in [0.29, 0.717) is 5.39 Å². The molecule has 2 aromatic carbocycles. The molecule has 1 heterocycles. The van der Waals surface area contributed by atoms with Gasteiger partial charge < -0.3 is 4.98 Å². The van der Waals surface area contributed by atoms with Crippen molar-refractivity contribution >= 4 is 10.9 Å². The van der Waals surface area contributed by atoms with Crippen LogP contribution in [0.5, 0.6) is 0 Å². The molecule has 0 amide bonds. The van der Waals surface area contributed by atoms with E-state index in [-0.39, 0.29) is 11.2 Å². The van der Waals surface area contributed by atoms with E-state index < -0.39 is 0 Å². The number of nitrogens with one attached hydrogen (secondary N) is 1. The van der Waals surface area contributed by atoms with Crippen LogP contribution in [0.4, 0.5) is 4.39 Å². The van der Waals surface area contributed by atoms with E-state index in [1.54, 1.807) is 6.07 Å². The number of fused-ring (bicyclic) bond motifs is 1. The fourth-order valence-corrected chi connectivity index (χ4v) is 2.78. The second-order valence-electron chi connectivity index (χ2n) is 6.15. The second kappa shape index (κ2) is 4.48. The Morgan fingerprint density at radius 2 is 1.60 bits per heavy atom. The Hall–Kier alpha value is -2.09. The van der Waals surface area contributed by atoms with Crippen LogP contribution in [0.2, 0.25) is 0 Å². The Morgan fingerprint density at radius 3 is 2.25 bits per heavy atom. The maximum atomic E-state index is 14.3. The molecule has 102 valence electrons. The van der Waals surface area contributed by atoms with Gasteiger partial charge in [0.2, 0.25) is 0 Å². The van der Waals surface area contributed by atoms with E-state index in [2.05, 4.69) is 37.9 Å². The summed E-state index contributed by atoms with van der Waals surface area (Å²) in [6, 6.07) is 15.3. The molecular formula is C18H18FN. The molecule has 0 fully saturated rings. The fraction of sp³-hybridized carbons (Fsp3) is 0.222. The third kappa shape index (κ3) is 2.01. The van der Waals surface area contributed by atoms with Crippen LogP contribution in [0.25, 0.3) is 22.2 Å². The van der Waals surface area contributed by atoms with Crippen molar-refractivity contribution in [1.82, 2.24) is 4.98 Å². The lowest BCUT2D eigenvalue weighted by atomic mass is 9.83. The van der Waals surface area contributed by atoms with E-state index in [9.17, 15) is 4.39 Å². The molecular weight excluding hydrogens is 249 g/mol. The van der Waals surface area contributed by atoms with Gasteiger partial charge in [-0.25, -0.2) is 4.39 Å². The van der Waals surface area contributed by atoms with Crippen LogP contribution < -0.4 is 0 Å². The van der Waals surface area contributed by atoms with Gasteiger partial charge in [0.15, 0.2) is 0 Å². The van der Waals surface area contributed by atoms with Crippen LogP contribution in [-0.2, 0) is 5.41 Å². The van der Waals surface area contributed by atoms with Gasteiger partial charge in [0.05, 0.1) is 5.69 Å². The summed E-state index contributed by atoms with van der Waals surface area (Å²) in [6.45, 7) is 6.36. The number of H-pyrrole nitrogens is 1. The molecule has 1 aromatic heterocycles. The quantitative estimate of drug-likeness (QED) is 0.618. The smallest absolute Gasteiger partial charge is 0.132 e. The number of halogens is 1. The Morgan fingerprint density at radius 1 is 0.900 bits per heavy atom. The highest BCUT2D eigenvalue weighted by Gasteiger charge is 2.25. The Kier molecular flexibility index (Phi) is 2.89. The second-order valence-corrected chi connectivity index (χ2v) is 6.15. The average molecular weight is 267 g/mol. The van der Waals surface area contributed by atoms with Gasteiger partial charge in [0, 0.05) is 10.9 Å². The standard InChI is InChI=1S/C18H18FN/c1-18(2,3)16-15-13(19)10-7-11-14(15)20-17(16)12-8-5-4-6-9-12/h4-11,20H,1-3H3. The third-order valence-corrected chi connectivity index (χ3v) is 3.59. The maximum absolute atomic E-state index is 14.3. The van der Waals surface area contributed by atoms with Crippen molar-refractivity contribution in [3.8, 4) is 11.3 Å². The molecule has 0 aliphatic carbocycles. The van der Waals surface area contributed by atoms with E-state index in [1.165, 1.54) is 6.07 Å². The fourth-order valence-electron chi connectivity index (χ4n) is 2.78. The van der Waals surface area contributed by atoms with Crippen molar-refractivity contribution in [2.45, 2.75) is 26.2 Å². The van der Waals surface area contributed by atoms with Crippen LogP contribution in [0.1, 0.15) is 26.3 Å². The highest BCUT2D eigenvalue weighted by Crippen LogP contribution is 2.39. The summed E-state index contributed by atoms with van der Waals surface area (Å²) < 4.78 is 14.3. The van der Waals surface area contributed by atoms with Crippen molar-refractivity contribution < 1.29 is 4.39 Å². The summed E-state index contributed by atoms with van der Waals surface area (Å²) in [5.74, 6) is -0.161. The summed E-state index contributed by atoms with van der Waals surface area (Å²) >= 11 is 0. The van der Waals surface area contributed by atoms with Crippen LogP contribution in [0, 0.1) is 5.82 Å². The van der Waals surface area contributed by atoms with Crippen LogP contribution >= 0.6 is 0 Å². The van der Waals surface area contributed by atoms with Crippen molar-refractivity contribution in [2.75, 3.05) is 0 Å². The van der Waals surface area contributed by atoms with E-state index in [0.717, 1.165) is 22.3 Å². The van der Waals surface area contributed by atoms with Crippen LogP contribution in [0.3, 0.4) is 0 Å². The molecule has 20 heavy (non-hydrogen) atoms. The van der Waals surface area contributed by atoms with E-state index in [4.69, 9.17) is 0 Å². The maximum Gasteiger partial charge on any atom is 0.132 e. The zero-order valence-electron chi connectivity index (χ0n) is 12.0. The molecule has 0 aliphatic rings. The first-order valence-electron chi connectivity index (χ1n) is 6.84. The summed E-state index contributed by atoms with van der Waals surface area (Å²) in [4.78, 5) is 3.39. The molecule has 0 unspecified atom stereocenters. The number of rotatable bonds is 1. The number of benzene rings is 2. The molecule has 3 rings (SSSR count). The van der Waals surface area contributed by atoms with Gasteiger partial charge in [-0.15, -0.1) is 0 Å². The first-order chi connectivity index (χ1) is 9.48. The minimum absolute atomic E-state index is 0.133. The topological polar surface area (TPSA) is 15.8 Å². The predicted molar refractivity (Wildman–Crippen MR) is 82.4 cm³/mol. The van der Waals surface area contributed by atoms with Gasteiger partial charge in [-0.05, 0) is 28.7 Å². The molecule has 1 N–H and O–H groups in total. The molecule has 2 heteroatoms. The van der Waals surface area contributed by atoms with Gasteiger partial charge in [0.25, 0.3) is 0 Å². The Bertz CT molecular complexity index is 748. The van der Waals surface area contributed by atoms with Gasteiger partial charge in [0.1, 0.15) is 5.82 Å². The van der Waals surface area contributed by atoms with Crippen molar-refractivity contribution in [3.05, 3.63) is 59.9 Å². The number of hydrogen-bond acceptors (Lipinski definition) is 0. The minimum Gasteiger partial charge on any atom is -0.354 e. The van der Waals surface area contributed by atoms with Gasteiger partial charge in [-0.1, -0.05) is 57.2 Å². The number of aromatic nitrogens is 1. The first kappa shape index (κ1) is 12.9. The van der Waals surface area contributed by atoms with Crippen molar-refractivity contribution in [2.24, 2.45) is 0 Å². The third-order valence-electron chi connectivity index (χ3n) is 3.59. The van der Waals surface area contributed by atoms with E-state index in [1.807, 2.05) is 24.3 Å². The molecule has 1 nitrogen and oxygen atoms in total. The SMILES string of the molecule is CC(C)(C)c1c(-c2ccccc2)[nH]c2cccc(F)c12. The molecule has 0 radical (unpaired) electrons. The molecule has 0 atom stereocenters. The molecule has 0 spiro atoms. The molecule has 3 aromatic rings. The molecule has 0 bridgehead atoms. The largest absolute Gasteiger partial charge is 0.354 e. The monoisotopic (exact) mass is 267 g/mol. The van der Waals surface area contributed by atoms with Gasteiger partial charge >= 0.3 is 0 Å². The van der Waals surface area contributed by atoms with Gasteiger partial charge in [-0.3, -0.25) is 0 Å². The zero-order valence-corrected chi connectivity index (χ0v) is 12.0. The average Bonchev–Trinajstić information content (AvgIpc) is 2.80. The van der Waals surface area contributed by atoms with E-state index >= 15 is 0 Å². The van der Waals surface area contributed by atoms with Crippen LogP contribution in [0.15, 0.2) is 48.5 Å². The summed E-state index contributed by atoms with van der Waals surface area (Å²) in [6.07, 6.45) is 0. The van der Waals surface area contributed by atoms with Crippen LogP contribution in [-0.4, -0.2) is 4.98 Å². The molecule has 0 saturated heterocycles. The lowest BCUT2D eigenvalue weighted by Crippen LogP contribution is -2.12. The number of aromatic amines is 1. The van der Waals surface area contributed by atoms with Gasteiger partial charge in [-0.2, -0.15) is 0 Å². The summed E-state index contributed by atoms with van der Waals surface area (Å²) in [7, 11) is 0. The Labute approximate surface area is 118 Å². The summed E-state index contributed by atoms with van der Waals surface area (Å²) in [5, 5.41) is 0.707. The molecule has 0 aliphatic heterocycles. The lowest BCUT2D eigenvalue weighted by Gasteiger charge is -2.20. The van der Waals surface area contributed by atoms with Crippen molar-refractivity contribution in [3.63, 3.8) is 0 Å². The van der Waals surface area contributed by atoms with Crippen molar-refractivity contribution in [1.29, 1.82) is 0 Å².